The van der Waals surface area contributed by atoms with E-state index in [1.54, 1.807) is 36.4 Å². The summed E-state index contributed by atoms with van der Waals surface area (Å²) in [6.07, 6.45) is 0. The number of rotatable bonds is 9. The first kappa shape index (κ1) is 22.5. The third-order valence-corrected chi connectivity index (χ3v) is 6.51. The van der Waals surface area contributed by atoms with E-state index in [4.69, 9.17) is 0 Å². The van der Waals surface area contributed by atoms with Crippen molar-refractivity contribution in [2.24, 2.45) is 0 Å². The molecule has 162 valence electrons. The lowest BCUT2D eigenvalue weighted by Gasteiger charge is -2.25. The Kier molecular flexibility index (Phi) is 7.44. The van der Waals surface area contributed by atoms with Crippen LogP contribution in [0.2, 0.25) is 0 Å². The predicted molar refractivity (Wildman–Crippen MR) is 124 cm³/mol. The maximum atomic E-state index is 13.6. The van der Waals surface area contributed by atoms with Crippen LogP contribution in [0.15, 0.2) is 89.8 Å². The van der Waals surface area contributed by atoms with E-state index < -0.39 is 10.0 Å². The first-order valence-corrected chi connectivity index (χ1v) is 11.5. The molecule has 0 spiro atoms. The van der Waals surface area contributed by atoms with Crippen LogP contribution in [0.1, 0.15) is 15.9 Å². The molecular formula is C24H27N3O3S. The van der Waals surface area contributed by atoms with Crippen LogP contribution in [0.25, 0.3) is 0 Å². The summed E-state index contributed by atoms with van der Waals surface area (Å²) in [5.74, 6) is -0.298. The van der Waals surface area contributed by atoms with Gasteiger partial charge < -0.3 is 10.2 Å². The van der Waals surface area contributed by atoms with Gasteiger partial charge >= 0.3 is 0 Å². The lowest BCUT2D eigenvalue weighted by molar-refractivity contribution is 0.0951. The average Bonchev–Trinajstić information content (AvgIpc) is 2.78. The Hall–Kier alpha value is -3.16. The molecule has 1 N–H and O–H groups in total. The Morgan fingerprint density at radius 3 is 2.16 bits per heavy atom. The number of carbonyl (C=O) groups excluding carboxylic acids is 1. The SMILES string of the molecule is CN(C)CCNC(=O)c1cccc(S(=O)(=O)N(Cc2ccccc2)c2ccccc2)c1. The van der Waals surface area contributed by atoms with Gasteiger partial charge in [0, 0.05) is 18.7 Å². The summed E-state index contributed by atoms with van der Waals surface area (Å²) in [4.78, 5) is 14.5. The van der Waals surface area contributed by atoms with Crippen molar-refractivity contribution in [1.29, 1.82) is 0 Å². The number of benzene rings is 3. The summed E-state index contributed by atoms with van der Waals surface area (Å²) in [6, 6.07) is 24.6. The first-order valence-electron chi connectivity index (χ1n) is 10.0. The molecule has 0 aliphatic heterocycles. The molecule has 1 amide bonds. The highest BCUT2D eigenvalue weighted by molar-refractivity contribution is 7.92. The normalized spacial score (nSPS) is 11.3. The topological polar surface area (TPSA) is 69.7 Å². The van der Waals surface area contributed by atoms with E-state index in [0.29, 0.717) is 24.3 Å². The predicted octanol–water partition coefficient (Wildman–Crippen LogP) is 3.37. The molecule has 3 aromatic carbocycles. The van der Waals surface area contributed by atoms with Crippen LogP contribution in [0.5, 0.6) is 0 Å². The number of nitrogens with zero attached hydrogens (tertiary/aromatic N) is 2. The van der Waals surface area contributed by atoms with E-state index in [-0.39, 0.29) is 17.3 Å². The fraction of sp³-hybridized carbons (Fsp3) is 0.208. The molecule has 31 heavy (non-hydrogen) atoms. The Labute approximate surface area is 184 Å². The quantitative estimate of drug-likeness (QED) is 0.557. The van der Waals surface area contributed by atoms with E-state index in [1.165, 1.54) is 16.4 Å². The molecule has 0 atom stereocenters. The highest BCUT2D eigenvalue weighted by Crippen LogP contribution is 2.26. The van der Waals surface area contributed by atoms with Crippen molar-refractivity contribution >= 4 is 21.6 Å². The molecule has 0 saturated heterocycles. The van der Waals surface area contributed by atoms with E-state index in [1.807, 2.05) is 55.4 Å². The molecular weight excluding hydrogens is 410 g/mol. The molecule has 0 aliphatic rings. The molecule has 7 heteroatoms. The van der Waals surface area contributed by atoms with Crippen LogP contribution in [-0.2, 0) is 16.6 Å². The summed E-state index contributed by atoms with van der Waals surface area (Å²) in [7, 11) is -0.0554. The molecule has 0 aliphatic carbocycles. The maximum absolute atomic E-state index is 13.6. The Bertz CT molecular complexity index is 1100. The van der Waals surface area contributed by atoms with Crippen LogP contribution >= 0.6 is 0 Å². The zero-order valence-electron chi connectivity index (χ0n) is 17.7. The first-order chi connectivity index (χ1) is 14.9. The van der Waals surface area contributed by atoms with Gasteiger partial charge in [0.15, 0.2) is 0 Å². The lowest BCUT2D eigenvalue weighted by Crippen LogP contribution is -2.32. The van der Waals surface area contributed by atoms with Gasteiger partial charge in [-0.25, -0.2) is 8.42 Å². The minimum atomic E-state index is -3.90. The highest BCUT2D eigenvalue weighted by atomic mass is 32.2. The van der Waals surface area contributed by atoms with E-state index >= 15 is 0 Å². The lowest BCUT2D eigenvalue weighted by atomic mass is 10.2. The van der Waals surface area contributed by atoms with Crippen molar-refractivity contribution < 1.29 is 13.2 Å². The van der Waals surface area contributed by atoms with Gasteiger partial charge in [-0.15, -0.1) is 0 Å². The van der Waals surface area contributed by atoms with Crippen molar-refractivity contribution in [2.45, 2.75) is 11.4 Å². The fourth-order valence-electron chi connectivity index (χ4n) is 3.08. The van der Waals surface area contributed by atoms with Gasteiger partial charge in [-0.3, -0.25) is 9.10 Å². The molecule has 6 nitrogen and oxygen atoms in total. The number of hydrogen-bond donors (Lipinski definition) is 1. The number of likely N-dealkylation sites (N-methyl/N-ethyl adjacent to an activating group) is 1. The van der Waals surface area contributed by atoms with Gasteiger partial charge in [-0.2, -0.15) is 0 Å². The van der Waals surface area contributed by atoms with E-state index in [2.05, 4.69) is 5.32 Å². The van der Waals surface area contributed by atoms with E-state index in [0.717, 1.165) is 5.56 Å². The van der Waals surface area contributed by atoms with Crippen LogP contribution < -0.4 is 9.62 Å². The Morgan fingerprint density at radius 2 is 1.52 bits per heavy atom. The number of sulfonamides is 1. The molecule has 0 aromatic heterocycles. The Morgan fingerprint density at radius 1 is 0.871 bits per heavy atom. The Balaban J connectivity index is 1.92. The number of nitrogens with one attached hydrogen (secondary N) is 1. The van der Waals surface area contributed by atoms with Gasteiger partial charge in [0.05, 0.1) is 17.1 Å². The van der Waals surface area contributed by atoms with Gasteiger partial charge in [-0.05, 0) is 50.0 Å². The number of anilines is 1. The van der Waals surface area contributed by atoms with Crippen molar-refractivity contribution in [3.05, 3.63) is 96.1 Å². The molecule has 3 aromatic rings. The maximum Gasteiger partial charge on any atom is 0.264 e. The summed E-state index contributed by atoms with van der Waals surface area (Å²) >= 11 is 0. The zero-order chi connectivity index (χ0) is 22.3. The van der Waals surface area contributed by atoms with Gasteiger partial charge in [-0.1, -0.05) is 54.6 Å². The van der Waals surface area contributed by atoms with Crippen molar-refractivity contribution in [3.8, 4) is 0 Å². The summed E-state index contributed by atoms with van der Waals surface area (Å²) in [5.41, 5.74) is 1.74. The third-order valence-electron chi connectivity index (χ3n) is 4.74. The number of para-hydroxylation sites is 1. The largest absolute Gasteiger partial charge is 0.351 e. The molecule has 0 saturated carbocycles. The van der Waals surface area contributed by atoms with E-state index in [9.17, 15) is 13.2 Å². The number of amides is 1. The van der Waals surface area contributed by atoms with Crippen LogP contribution in [0, 0.1) is 0 Å². The molecule has 0 bridgehead atoms. The number of hydrogen-bond acceptors (Lipinski definition) is 4. The second-order valence-corrected chi connectivity index (χ2v) is 9.28. The molecule has 0 unspecified atom stereocenters. The molecule has 0 radical (unpaired) electrons. The molecule has 3 rings (SSSR count). The second-order valence-electron chi connectivity index (χ2n) is 7.42. The third kappa shape index (κ3) is 5.93. The molecule has 0 fully saturated rings. The summed E-state index contributed by atoms with van der Waals surface area (Å²) < 4.78 is 28.6. The van der Waals surface area contributed by atoms with Gasteiger partial charge in [0.2, 0.25) is 0 Å². The van der Waals surface area contributed by atoms with Gasteiger partial charge in [0.25, 0.3) is 15.9 Å². The van der Waals surface area contributed by atoms with Crippen LogP contribution in [-0.4, -0.2) is 46.4 Å². The zero-order valence-corrected chi connectivity index (χ0v) is 18.5. The minimum Gasteiger partial charge on any atom is -0.351 e. The van der Waals surface area contributed by atoms with Gasteiger partial charge in [0.1, 0.15) is 0 Å². The van der Waals surface area contributed by atoms with Crippen LogP contribution in [0.3, 0.4) is 0 Å². The van der Waals surface area contributed by atoms with Crippen molar-refractivity contribution in [2.75, 3.05) is 31.5 Å². The second kappa shape index (κ2) is 10.2. The number of carbonyl (C=O) groups is 1. The van der Waals surface area contributed by atoms with Crippen molar-refractivity contribution in [3.63, 3.8) is 0 Å². The smallest absolute Gasteiger partial charge is 0.264 e. The monoisotopic (exact) mass is 437 g/mol. The highest BCUT2D eigenvalue weighted by Gasteiger charge is 2.26. The average molecular weight is 438 g/mol. The standard InChI is InChI=1S/C24H27N3O3S/c1-26(2)17-16-25-24(28)21-12-9-15-23(18-21)31(29,30)27(22-13-7-4-8-14-22)19-20-10-5-3-6-11-20/h3-15,18H,16-17,19H2,1-2H3,(H,25,28). The van der Waals surface area contributed by atoms with Crippen LogP contribution in [0.4, 0.5) is 5.69 Å². The fourth-order valence-corrected chi connectivity index (χ4v) is 4.58. The van der Waals surface area contributed by atoms with Crippen molar-refractivity contribution in [1.82, 2.24) is 10.2 Å². The summed E-state index contributed by atoms with van der Waals surface area (Å²) in [6.45, 7) is 1.36. The minimum absolute atomic E-state index is 0.0764. The summed E-state index contributed by atoms with van der Waals surface area (Å²) in [5, 5.41) is 2.82. The molecule has 0 heterocycles.